The fourth-order valence-corrected chi connectivity index (χ4v) is 4.70. The molecule has 0 aromatic heterocycles. The van der Waals surface area contributed by atoms with Gasteiger partial charge in [0.05, 0.1) is 0 Å². The van der Waals surface area contributed by atoms with Crippen LogP contribution in [0.5, 0.6) is 5.75 Å². The second-order valence-electron chi connectivity index (χ2n) is 6.29. The number of hydrogen-bond acceptors (Lipinski definition) is 6. The molecular weight excluding hydrogens is 384 g/mol. The smallest absolute Gasteiger partial charge is 0.355 e. The van der Waals surface area contributed by atoms with E-state index >= 15 is 0 Å². The van der Waals surface area contributed by atoms with Crippen LogP contribution >= 0.6 is 0 Å². The number of rotatable bonds is 7. The van der Waals surface area contributed by atoms with Crippen molar-refractivity contribution in [3.8, 4) is 5.75 Å². The van der Waals surface area contributed by atoms with E-state index in [-0.39, 0.29) is 24.7 Å². The van der Waals surface area contributed by atoms with Crippen molar-refractivity contribution in [2.45, 2.75) is 18.3 Å². The van der Waals surface area contributed by atoms with E-state index in [0.29, 0.717) is 11.3 Å². The summed E-state index contributed by atoms with van der Waals surface area (Å²) in [4.78, 5) is 38.1. The summed E-state index contributed by atoms with van der Waals surface area (Å²) in [5, 5.41) is 1.74. The molecule has 2 unspecified atom stereocenters. The number of para-hydroxylation sites is 1. The van der Waals surface area contributed by atoms with Crippen LogP contribution in [0.2, 0.25) is 0 Å². The van der Waals surface area contributed by atoms with Crippen LogP contribution in [0.4, 0.5) is 0 Å². The van der Waals surface area contributed by atoms with Gasteiger partial charge in [0, 0.05) is 5.57 Å². The summed E-state index contributed by atoms with van der Waals surface area (Å²) in [6, 6.07) is 7.80. The molecule has 1 aromatic carbocycles. The zero-order valence-electron chi connectivity index (χ0n) is 15.3. The Morgan fingerprint density at radius 2 is 2.11 bits per heavy atom. The third-order valence-electron chi connectivity index (χ3n) is 4.27. The van der Waals surface area contributed by atoms with E-state index in [0.717, 1.165) is 4.90 Å². The number of carbonyl (C=O) groups is 3. The normalized spacial score (nSPS) is 23.4. The van der Waals surface area contributed by atoms with Gasteiger partial charge < -0.3 is 19.3 Å². The highest BCUT2D eigenvalue weighted by molar-refractivity contribution is 7.92. The number of esters is 1. The lowest BCUT2D eigenvalue weighted by Gasteiger charge is -2.48. The summed E-state index contributed by atoms with van der Waals surface area (Å²) in [6.45, 7) is 4.83. The molecule has 2 aliphatic heterocycles. The van der Waals surface area contributed by atoms with E-state index in [9.17, 15) is 18.9 Å². The minimum absolute atomic E-state index is 0.00237. The third-order valence-corrected chi connectivity index (χ3v) is 6.01. The van der Waals surface area contributed by atoms with Gasteiger partial charge in [0.15, 0.2) is 12.6 Å². The molecule has 1 fully saturated rings. The quantitative estimate of drug-likeness (QED) is 0.307. The van der Waals surface area contributed by atoms with Gasteiger partial charge in [-0.2, -0.15) is 0 Å². The maximum absolute atomic E-state index is 12.6. The van der Waals surface area contributed by atoms with Crippen molar-refractivity contribution in [1.82, 2.24) is 10.2 Å². The number of nitrogens with zero attached hydrogens (tertiary/aromatic N) is 1. The Balaban J connectivity index is 1.65. The van der Waals surface area contributed by atoms with Crippen LogP contribution in [0.3, 0.4) is 0 Å². The molecular formula is C19H20N2O6S. The maximum Gasteiger partial charge on any atom is 0.355 e. The van der Waals surface area contributed by atoms with Crippen LogP contribution in [-0.4, -0.2) is 57.6 Å². The van der Waals surface area contributed by atoms with Crippen LogP contribution < -0.4 is 10.1 Å². The Labute approximate surface area is 165 Å². The predicted octanol–water partition coefficient (Wildman–Crippen LogP) is 0.484. The number of nitrogens with one attached hydrogen (secondary N) is 1. The largest absolute Gasteiger partial charge is 0.614 e. The molecule has 148 valence electrons. The van der Waals surface area contributed by atoms with Gasteiger partial charge in [-0.05, 0) is 30.2 Å². The highest BCUT2D eigenvalue weighted by Crippen LogP contribution is 2.36. The summed E-state index contributed by atoms with van der Waals surface area (Å²) in [6.07, 6.45) is 1.42. The molecule has 0 radical (unpaired) electrons. The lowest BCUT2D eigenvalue weighted by atomic mass is 10.0. The zero-order chi connectivity index (χ0) is 20.3. The Kier molecular flexibility index (Phi) is 6.05. The highest BCUT2D eigenvalue weighted by Gasteiger charge is 2.60. The van der Waals surface area contributed by atoms with Gasteiger partial charge in [0.1, 0.15) is 23.8 Å². The zero-order valence-corrected chi connectivity index (χ0v) is 16.1. The lowest BCUT2D eigenvalue weighted by Crippen LogP contribution is -2.75. The predicted molar refractivity (Wildman–Crippen MR) is 101 cm³/mol. The standard InChI is InChI=1S/C19H20N2O6S/c1-3-9-26-19(24)16-12(2)11-28(25)18-15(17(23)21(16)18)20-14(22)10-27-13-7-5-4-6-8-13/h3-8,15,18H,1,9-11H2,2H3,(H,20,22)/t15?,18-,28?/m1/s1. The fourth-order valence-electron chi connectivity index (χ4n) is 3.03. The number of benzene rings is 1. The van der Waals surface area contributed by atoms with E-state index in [1.165, 1.54) is 6.08 Å². The van der Waals surface area contributed by atoms with E-state index in [1.807, 2.05) is 6.07 Å². The third kappa shape index (κ3) is 3.90. The first-order chi connectivity index (χ1) is 13.4. The number of carbonyl (C=O) groups excluding carboxylic acids is 3. The summed E-state index contributed by atoms with van der Waals surface area (Å²) in [7, 11) is 0. The number of amides is 2. The maximum atomic E-state index is 12.6. The first-order valence-corrected chi connectivity index (χ1v) is 9.97. The highest BCUT2D eigenvalue weighted by atomic mass is 32.2. The molecule has 0 saturated carbocycles. The number of fused-ring (bicyclic) bond motifs is 1. The number of hydrogen-bond donors (Lipinski definition) is 1. The molecule has 0 spiro atoms. The van der Waals surface area contributed by atoms with Crippen LogP contribution in [0.25, 0.3) is 0 Å². The average Bonchev–Trinajstić information content (AvgIpc) is 2.69. The molecule has 3 rings (SSSR count). The van der Waals surface area contributed by atoms with Crippen LogP contribution in [0.15, 0.2) is 54.3 Å². The molecule has 28 heavy (non-hydrogen) atoms. The monoisotopic (exact) mass is 404 g/mol. The average molecular weight is 404 g/mol. The fraction of sp³-hybridized carbons (Fsp3) is 0.316. The van der Waals surface area contributed by atoms with Crippen molar-refractivity contribution in [2.24, 2.45) is 0 Å². The summed E-state index contributed by atoms with van der Waals surface area (Å²) in [5.74, 6) is -1.05. The molecule has 1 saturated heterocycles. The van der Waals surface area contributed by atoms with Gasteiger partial charge >= 0.3 is 5.97 Å². The van der Waals surface area contributed by atoms with Crippen molar-refractivity contribution in [3.05, 3.63) is 54.3 Å². The van der Waals surface area contributed by atoms with Crippen LogP contribution in [0, 0.1) is 0 Å². The topological polar surface area (TPSA) is 108 Å². The molecule has 2 heterocycles. The Morgan fingerprint density at radius 3 is 2.79 bits per heavy atom. The molecule has 0 aliphatic carbocycles. The molecule has 9 heteroatoms. The molecule has 1 aromatic rings. The van der Waals surface area contributed by atoms with E-state index in [2.05, 4.69) is 11.9 Å². The second-order valence-corrected chi connectivity index (χ2v) is 7.82. The van der Waals surface area contributed by atoms with Gasteiger partial charge in [-0.1, -0.05) is 30.9 Å². The van der Waals surface area contributed by atoms with Gasteiger partial charge in [0.2, 0.25) is 5.37 Å². The summed E-state index contributed by atoms with van der Waals surface area (Å²) >= 11 is -1.44. The van der Waals surface area contributed by atoms with Crippen molar-refractivity contribution in [2.75, 3.05) is 19.0 Å². The van der Waals surface area contributed by atoms with Crippen molar-refractivity contribution < 1.29 is 28.4 Å². The summed E-state index contributed by atoms with van der Waals surface area (Å²) in [5.41, 5.74) is 0.594. The van der Waals surface area contributed by atoms with Crippen molar-refractivity contribution in [3.63, 3.8) is 0 Å². The summed E-state index contributed by atoms with van der Waals surface area (Å²) < 4.78 is 22.9. The SMILES string of the molecule is C=CCOC(=O)C1=C(C)C[S+]([O-])[C@@H]2C(NC(=O)COc3ccccc3)C(=O)N12. The first kappa shape index (κ1) is 20.0. The first-order valence-electron chi connectivity index (χ1n) is 8.59. The molecule has 2 amide bonds. The van der Waals surface area contributed by atoms with Gasteiger partial charge in [-0.15, -0.1) is 0 Å². The van der Waals surface area contributed by atoms with Crippen LogP contribution in [0.1, 0.15) is 6.92 Å². The van der Waals surface area contributed by atoms with Gasteiger partial charge in [-0.3, -0.25) is 14.5 Å². The van der Waals surface area contributed by atoms with Gasteiger partial charge in [-0.25, -0.2) is 4.79 Å². The molecule has 2 aliphatic rings. The Bertz CT molecular complexity index is 825. The van der Waals surface area contributed by atoms with Gasteiger partial charge in [0.25, 0.3) is 11.8 Å². The number of ether oxygens (including phenoxy) is 2. The second kappa shape index (κ2) is 8.49. The van der Waals surface area contributed by atoms with E-state index in [4.69, 9.17) is 9.47 Å². The molecule has 3 atom stereocenters. The minimum atomic E-state index is -1.44. The number of β-lactam (4-membered cyclic amide) rings is 1. The van der Waals surface area contributed by atoms with Crippen molar-refractivity contribution >= 4 is 29.0 Å². The minimum Gasteiger partial charge on any atom is -0.614 e. The van der Waals surface area contributed by atoms with E-state index in [1.54, 1.807) is 31.2 Å². The molecule has 1 N–H and O–H groups in total. The molecule has 0 bridgehead atoms. The van der Waals surface area contributed by atoms with E-state index < -0.39 is 40.4 Å². The van der Waals surface area contributed by atoms with Crippen molar-refractivity contribution in [1.29, 1.82) is 0 Å². The molecule has 8 nitrogen and oxygen atoms in total. The van der Waals surface area contributed by atoms with Crippen LogP contribution in [-0.2, 0) is 30.3 Å². The lowest BCUT2D eigenvalue weighted by molar-refractivity contribution is -0.153. The Hall–Kier alpha value is -2.78. The Morgan fingerprint density at radius 1 is 1.39 bits per heavy atom.